The summed E-state index contributed by atoms with van der Waals surface area (Å²) in [5.74, 6) is 0. The van der Waals surface area contributed by atoms with Gasteiger partial charge in [-0.15, -0.1) is 11.3 Å². The number of aryl methyl sites for hydroxylation is 1. The van der Waals surface area contributed by atoms with Crippen LogP contribution in [-0.2, 0) is 6.42 Å². The average Bonchev–Trinajstić information content (AvgIpc) is 2.60. The molecule has 0 saturated carbocycles. The van der Waals surface area contributed by atoms with Gasteiger partial charge in [-0.25, -0.2) is 0 Å². The van der Waals surface area contributed by atoms with Gasteiger partial charge in [0.15, 0.2) is 0 Å². The van der Waals surface area contributed by atoms with E-state index in [-0.39, 0.29) is 0 Å². The van der Waals surface area contributed by atoms with Crippen molar-refractivity contribution in [2.75, 3.05) is 0 Å². The van der Waals surface area contributed by atoms with Crippen LogP contribution in [0.4, 0.5) is 0 Å². The molecule has 0 unspecified atom stereocenters. The van der Waals surface area contributed by atoms with Crippen LogP contribution in [-0.4, -0.2) is 0 Å². The zero-order chi connectivity index (χ0) is 9.80. The van der Waals surface area contributed by atoms with E-state index in [2.05, 4.69) is 36.4 Å². The first kappa shape index (κ1) is 9.23. The molecule has 0 radical (unpaired) electrons. The van der Waals surface area contributed by atoms with Gasteiger partial charge in [-0.05, 0) is 30.4 Å². The van der Waals surface area contributed by atoms with Crippen molar-refractivity contribution in [2.24, 2.45) is 0 Å². The van der Waals surface area contributed by atoms with Crippen molar-refractivity contribution in [3.63, 3.8) is 0 Å². The monoisotopic (exact) mass is 201 g/mol. The molecular weight excluding hydrogens is 190 g/mol. The van der Waals surface area contributed by atoms with Crippen LogP contribution in [0.1, 0.15) is 17.7 Å². The fourth-order valence-electron chi connectivity index (χ4n) is 1.50. The molecule has 0 aliphatic carbocycles. The van der Waals surface area contributed by atoms with Crippen LogP contribution in [0.25, 0.3) is 10.1 Å². The summed E-state index contributed by atoms with van der Waals surface area (Å²) in [7, 11) is 0. The summed E-state index contributed by atoms with van der Waals surface area (Å²) >= 11 is 1.84. The molecule has 0 atom stereocenters. The second-order valence-electron chi connectivity index (χ2n) is 3.26. The van der Waals surface area contributed by atoms with E-state index in [9.17, 15) is 0 Å². The third kappa shape index (κ3) is 1.94. The molecule has 0 amide bonds. The maximum atomic E-state index is 8.44. The van der Waals surface area contributed by atoms with Gasteiger partial charge >= 0.3 is 0 Å². The topological polar surface area (TPSA) is 23.8 Å². The minimum atomic E-state index is 0.661. The molecule has 0 fully saturated rings. The van der Waals surface area contributed by atoms with Gasteiger partial charge in [0.1, 0.15) is 0 Å². The van der Waals surface area contributed by atoms with Crippen molar-refractivity contribution < 1.29 is 0 Å². The fraction of sp³-hybridized carbons (Fsp3) is 0.250. The van der Waals surface area contributed by atoms with E-state index in [1.54, 1.807) is 0 Å². The van der Waals surface area contributed by atoms with Gasteiger partial charge in [-0.3, -0.25) is 0 Å². The molecular formula is C12H11NS. The molecule has 0 saturated heterocycles. The highest BCUT2D eigenvalue weighted by molar-refractivity contribution is 7.19. The Kier molecular flexibility index (Phi) is 2.81. The number of unbranched alkanes of at least 4 members (excludes halogenated alkanes) is 1. The molecule has 1 nitrogen and oxygen atoms in total. The Morgan fingerprint density at radius 2 is 2.14 bits per heavy atom. The van der Waals surface area contributed by atoms with E-state index >= 15 is 0 Å². The van der Waals surface area contributed by atoms with Crippen LogP contribution in [0.3, 0.4) is 0 Å². The maximum Gasteiger partial charge on any atom is 0.0621 e. The molecule has 1 aromatic heterocycles. The van der Waals surface area contributed by atoms with Gasteiger partial charge in [-0.2, -0.15) is 5.26 Å². The number of benzene rings is 1. The molecule has 0 N–H and O–H groups in total. The summed E-state index contributed by atoms with van der Waals surface area (Å²) in [6.07, 6.45) is 2.67. The molecule has 0 aliphatic heterocycles. The van der Waals surface area contributed by atoms with Gasteiger partial charge in [0.25, 0.3) is 0 Å². The molecule has 2 aromatic rings. The van der Waals surface area contributed by atoms with Crippen molar-refractivity contribution in [3.05, 3.63) is 35.2 Å². The van der Waals surface area contributed by atoms with Crippen LogP contribution in [0.2, 0.25) is 0 Å². The standard InChI is InChI=1S/C12H11NS/c13-8-4-3-6-11-9-10-5-1-2-7-12(10)14-11/h1-2,5,7,9H,3-4,6H2. The maximum absolute atomic E-state index is 8.44. The Morgan fingerprint density at radius 1 is 1.29 bits per heavy atom. The van der Waals surface area contributed by atoms with Crippen LogP contribution >= 0.6 is 11.3 Å². The van der Waals surface area contributed by atoms with Gasteiger partial charge in [0.05, 0.1) is 6.07 Å². The Labute approximate surface area is 87.6 Å². The lowest BCUT2D eigenvalue weighted by atomic mass is 10.2. The highest BCUT2D eigenvalue weighted by Crippen LogP contribution is 2.26. The number of nitrogens with zero attached hydrogens (tertiary/aromatic N) is 1. The highest BCUT2D eigenvalue weighted by atomic mass is 32.1. The van der Waals surface area contributed by atoms with Crippen LogP contribution in [0.15, 0.2) is 30.3 Å². The van der Waals surface area contributed by atoms with Crippen LogP contribution < -0.4 is 0 Å². The second-order valence-corrected chi connectivity index (χ2v) is 4.43. The summed E-state index contributed by atoms with van der Waals surface area (Å²) in [6, 6.07) is 12.8. The highest BCUT2D eigenvalue weighted by Gasteiger charge is 2.00. The number of hydrogen-bond donors (Lipinski definition) is 0. The first-order valence-electron chi connectivity index (χ1n) is 4.74. The molecule has 2 rings (SSSR count). The van der Waals surface area contributed by atoms with E-state index in [4.69, 9.17) is 5.26 Å². The predicted molar refractivity (Wildman–Crippen MR) is 60.4 cm³/mol. The Balaban J connectivity index is 2.15. The molecule has 0 bridgehead atoms. The van der Waals surface area contributed by atoms with Crippen molar-refractivity contribution in [1.29, 1.82) is 5.26 Å². The van der Waals surface area contributed by atoms with E-state index < -0.39 is 0 Å². The zero-order valence-electron chi connectivity index (χ0n) is 7.86. The lowest BCUT2D eigenvalue weighted by Gasteiger charge is -1.89. The summed E-state index contributed by atoms with van der Waals surface area (Å²) in [5, 5.41) is 9.76. The van der Waals surface area contributed by atoms with Crippen LogP contribution in [0, 0.1) is 11.3 Å². The van der Waals surface area contributed by atoms with E-state index in [1.165, 1.54) is 15.0 Å². The summed E-state index contributed by atoms with van der Waals surface area (Å²) in [6.45, 7) is 0. The molecule has 1 heterocycles. The quantitative estimate of drug-likeness (QED) is 0.694. The van der Waals surface area contributed by atoms with Gasteiger partial charge < -0.3 is 0 Å². The van der Waals surface area contributed by atoms with Crippen molar-refractivity contribution in [3.8, 4) is 6.07 Å². The lowest BCUT2D eigenvalue weighted by Crippen LogP contribution is -1.77. The number of rotatable bonds is 3. The zero-order valence-corrected chi connectivity index (χ0v) is 8.68. The molecule has 0 aliphatic rings. The number of hydrogen-bond acceptors (Lipinski definition) is 2. The van der Waals surface area contributed by atoms with Crippen molar-refractivity contribution >= 4 is 21.4 Å². The van der Waals surface area contributed by atoms with Gasteiger partial charge in [0, 0.05) is 16.0 Å². The van der Waals surface area contributed by atoms with E-state index in [0.717, 1.165) is 12.8 Å². The van der Waals surface area contributed by atoms with Gasteiger partial charge in [-0.1, -0.05) is 18.2 Å². The molecule has 70 valence electrons. The minimum absolute atomic E-state index is 0.661. The number of fused-ring (bicyclic) bond motifs is 1. The predicted octanol–water partition coefficient (Wildman–Crippen LogP) is 3.75. The third-order valence-electron chi connectivity index (χ3n) is 2.19. The first-order chi connectivity index (χ1) is 6.90. The Hall–Kier alpha value is -1.33. The van der Waals surface area contributed by atoms with Gasteiger partial charge in [0.2, 0.25) is 0 Å². The Bertz CT molecular complexity index is 431. The van der Waals surface area contributed by atoms with Crippen molar-refractivity contribution in [1.82, 2.24) is 0 Å². The summed E-state index contributed by atoms with van der Waals surface area (Å²) in [5.41, 5.74) is 0. The normalized spacial score (nSPS) is 10.2. The number of thiophene rings is 1. The Morgan fingerprint density at radius 3 is 2.93 bits per heavy atom. The third-order valence-corrected chi connectivity index (χ3v) is 3.36. The van der Waals surface area contributed by atoms with E-state index in [1.807, 2.05) is 11.3 Å². The van der Waals surface area contributed by atoms with Crippen LogP contribution in [0.5, 0.6) is 0 Å². The first-order valence-corrected chi connectivity index (χ1v) is 5.56. The smallest absolute Gasteiger partial charge is 0.0621 e. The molecule has 14 heavy (non-hydrogen) atoms. The molecule has 2 heteroatoms. The largest absolute Gasteiger partial charge is 0.198 e. The fourth-order valence-corrected chi connectivity index (χ4v) is 2.61. The lowest BCUT2D eigenvalue weighted by molar-refractivity contribution is 0.863. The number of nitriles is 1. The molecule has 0 spiro atoms. The summed E-state index contributed by atoms with van der Waals surface area (Å²) in [4.78, 5) is 1.39. The average molecular weight is 201 g/mol. The van der Waals surface area contributed by atoms with Crippen molar-refractivity contribution in [2.45, 2.75) is 19.3 Å². The minimum Gasteiger partial charge on any atom is -0.198 e. The second kappa shape index (κ2) is 4.26. The molecule has 1 aromatic carbocycles. The SMILES string of the molecule is N#CCCCc1cc2ccccc2s1. The van der Waals surface area contributed by atoms with E-state index in [0.29, 0.717) is 6.42 Å². The summed E-state index contributed by atoms with van der Waals surface area (Å²) < 4.78 is 1.35.